The summed E-state index contributed by atoms with van der Waals surface area (Å²) >= 11 is 3.43. The number of aliphatic hydroxyl groups excluding tert-OH is 2. The lowest BCUT2D eigenvalue weighted by Gasteiger charge is -2.20. The van der Waals surface area contributed by atoms with Crippen LogP contribution in [-0.4, -0.2) is 55.8 Å². The van der Waals surface area contributed by atoms with Crippen molar-refractivity contribution in [3.8, 4) is 5.75 Å². The fraction of sp³-hybridized carbons (Fsp3) is 0.600. The molecule has 120 valence electrons. The number of hydrogen-bond donors (Lipinski definition) is 3. The van der Waals surface area contributed by atoms with Gasteiger partial charge in [0.25, 0.3) is 0 Å². The number of rotatable bonds is 10. The molecule has 0 amide bonds. The zero-order chi connectivity index (χ0) is 15.7. The van der Waals surface area contributed by atoms with E-state index in [9.17, 15) is 5.11 Å². The van der Waals surface area contributed by atoms with E-state index in [-0.39, 0.29) is 19.3 Å². The van der Waals surface area contributed by atoms with Crippen molar-refractivity contribution in [1.82, 2.24) is 5.32 Å². The number of ether oxygens (including phenoxy) is 2. The topological polar surface area (TPSA) is 71.0 Å². The van der Waals surface area contributed by atoms with Gasteiger partial charge in [-0.15, -0.1) is 0 Å². The summed E-state index contributed by atoms with van der Waals surface area (Å²) in [5.74, 6) is 0.712. The Bertz CT molecular complexity index is 411. The van der Waals surface area contributed by atoms with Gasteiger partial charge in [0.2, 0.25) is 0 Å². The fourth-order valence-electron chi connectivity index (χ4n) is 1.87. The lowest BCUT2D eigenvalue weighted by Crippen LogP contribution is -2.40. The van der Waals surface area contributed by atoms with Crippen LogP contribution in [0.1, 0.15) is 12.0 Å². The number of halogens is 1. The van der Waals surface area contributed by atoms with Gasteiger partial charge in [0.1, 0.15) is 18.5 Å². The smallest absolute Gasteiger partial charge is 0.133 e. The maximum atomic E-state index is 9.94. The average molecular weight is 362 g/mol. The van der Waals surface area contributed by atoms with Gasteiger partial charge in [-0.1, -0.05) is 6.07 Å². The van der Waals surface area contributed by atoms with Gasteiger partial charge < -0.3 is 25.0 Å². The Morgan fingerprint density at radius 1 is 1.33 bits per heavy atom. The highest BCUT2D eigenvalue weighted by atomic mass is 79.9. The van der Waals surface area contributed by atoms with E-state index in [2.05, 4.69) is 21.2 Å². The minimum atomic E-state index is -0.628. The Morgan fingerprint density at radius 2 is 2.10 bits per heavy atom. The van der Waals surface area contributed by atoms with Gasteiger partial charge >= 0.3 is 0 Å². The molecule has 0 spiro atoms. The van der Waals surface area contributed by atoms with E-state index in [0.717, 1.165) is 10.0 Å². The first-order chi connectivity index (χ1) is 10.1. The molecule has 0 aliphatic heterocycles. The van der Waals surface area contributed by atoms with Gasteiger partial charge in [-0.05, 0) is 47.0 Å². The van der Waals surface area contributed by atoms with Gasteiger partial charge in [-0.3, -0.25) is 0 Å². The maximum Gasteiger partial charge on any atom is 0.133 e. The lowest BCUT2D eigenvalue weighted by atomic mass is 10.2. The van der Waals surface area contributed by atoms with Crippen LogP contribution in [0.15, 0.2) is 22.7 Å². The first-order valence-corrected chi connectivity index (χ1v) is 7.76. The standard InChI is InChI=1S/C15H24BrNO4/c1-11-3-4-15(14(16)7-11)21-10-13(19)8-17-12(5-6-18)9-20-2/h3-4,7,12-13,17-19H,5-6,8-10H2,1-2H3. The first kappa shape index (κ1) is 18.4. The summed E-state index contributed by atoms with van der Waals surface area (Å²) in [6.45, 7) is 3.18. The van der Waals surface area contributed by atoms with Crippen LogP contribution in [0.3, 0.4) is 0 Å². The van der Waals surface area contributed by atoms with Crippen molar-refractivity contribution in [1.29, 1.82) is 0 Å². The van der Waals surface area contributed by atoms with Crippen LogP contribution in [0.2, 0.25) is 0 Å². The highest BCUT2D eigenvalue weighted by Crippen LogP contribution is 2.25. The molecule has 1 aromatic rings. The molecule has 0 aliphatic carbocycles. The Kier molecular flexibility index (Phi) is 8.87. The number of aliphatic hydroxyl groups is 2. The zero-order valence-electron chi connectivity index (χ0n) is 12.5. The van der Waals surface area contributed by atoms with Gasteiger partial charge in [-0.25, -0.2) is 0 Å². The summed E-state index contributed by atoms with van der Waals surface area (Å²) in [6.07, 6.45) is -0.0402. The number of methoxy groups -OCH3 is 1. The second-order valence-electron chi connectivity index (χ2n) is 4.97. The highest BCUT2D eigenvalue weighted by molar-refractivity contribution is 9.10. The molecule has 5 nitrogen and oxygen atoms in total. The van der Waals surface area contributed by atoms with Crippen molar-refractivity contribution in [2.45, 2.75) is 25.5 Å². The molecule has 6 heteroatoms. The molecular weight excluding hydrogens is 338 g/mol. The van der Waals surface area contributed by atoms with Crippen molar-refractivity contribution in [3.05, 3.63) is 28.2 Å². The summed E-state index contributed by atoms with van der Waals surface area (Å²) < 4.78 is 11.5. The molecule has 0 saturated carbocycles. The van der Waals surface area contributed by atoms with E-state index in [1.165, 1.54) is 0 Å². The third-order valence-electron chi connectivity index (χ3n) is 3.01. The summed E-state index contributed by atoms with van der Waals surface area (Å²) in [5, 5.41) is 22.0. The fourth-order valence-corrected chi connectivity index (χ4v) is 2.48. The van der Waals surface area contributed by atoms with Crippen molar-refractivity contribution >= 4 is 15.9 Å². The molecule has 0 heterocycles. The summed E-state index contributed by atoms with van der Waals surface area (Å²) in [4.78, 5) is 0. The second kappa shape index (κ2) is 10.1. The Balaban J connectivity index is 2.34. The molecule has 1 rings (SSSR count). The van der Waals surface area contributed by atoms with E-state index in [4.69, 9.17) is 14.6 Å². The molecule has 2 atom stereocenters. The minimum Gasteiger partial charge on any atom is -0.490 e. The molecule has 0 saturated heterocycles. The van der Waals surface area contributed by atoms with Crippen LogP contribution in [0, 0.1) is 6.92 Å². The Labute approximate surface area is 134 Å². The highest BCUT2D eigenvalue weighted by Gasteiger charge is 2.12. The van der Waals surface area contributed by atoms with Gasteiger partial charge in [0.15, 0.2) is 0 Å². The predicted molar refractivity (Wildman–Crippen MR) is 85.8 cm³/mol. The van der Waals surface area contributed by atoms with Crippen LogP contribution in [0.5, 0.6) is 5.75 Å². The SMILES string of the molecule is COCC(CCO)NCC(O)COc1ccc(C)cc1Br. The molecule has 1 aromatic carbocycles. The molecule has 0 fully saturated rings. The van der Waals surface area contributed by atoms with Gasteiger partial charge in [0, 0.05) is 26.3 Å². The van der Waals surface area contributed by atoms with Crippen molar-refractivity contribution < 1.29 is 19.7 Å². The lowest BCUT2D eigenvalue weighted by molar-refractivity contribution is 0.0916. The van der Waals surface area contributed by atoms with Crippen LogP contribution in [0.25, 0.3) is 0 Å². The zero-order valence-corrected chi connectivity index (χ0v) is 14.1. The average Bonchev–Trinajstić information content (AvgIpc) is 2.44. The molecule has 2 unspecified atom stereocenters. The van der Waals surface area contributed by atoms with E-state index >= 15 is 0 Å². The molecule has 0 aromatic heterocycles. The van der Waals surface area contributed by atoms with Crippen molar-refractivity contribution in [2.75, 3.05) is 33.5 Å². The third kappa shape index (κ3) is 7.24. The van der Waals surface area contributed by atoms with E-state index in [1.54, 1.807) is 7.11 Å². The number of benzene rings is 1. The summed E-state index contributed by atoms with van der Waals surface area (Å²) in [6, 6.07) is 5.83. The molecule has 0 aliphatic rings. The number of aryl methyl sites for hydroxylation is 1. The van der Waals surface area contributed by atoms with Crippen LogP contribution >= 0.6 is 15.9 Å². The van der Waals surface area contributed by atoms with E-state index < -0.39 is 6.10 Å². The van der Waals surface area contributed by atoms with E-state index in [1.807, 2.05) is 25.1 Å². The number of nitrogens with one attached hydrogen (secondary N) is 1. The molecular formula is C15H24BrNO4. The van der Waals surface area contributed by atoms with Crippen molar-refractivity contribution in [3.63, 3.8) is 0 Å². The second-order valence-corrected chi connectivity index (χ2v) is 5.83. The van der Waals surface area contributed by atoms with E-state index in [0.29, 0.717) is 25.3 Å². The minimum absolute atomic E-state index is 0.0285. The molecule has 0 bridgehead atoms. The molecule has 0 radical (unpaired) electrons. The van der Waals surface area contributed by atoms with Crippen molar-refractivity contribution in [2.24, 2.45) is 0 Å². The Morgan fingerprint density at radius 3 is 2.71 bits per heavy atom. The number of hydrogen-bond acceptors (Lipinski definition) is 5. The maximum absolute atomic E-state index is 9.94. The van der Waals surface area contributed by atoms with Gasteiger partial charge in [-0.2, -0.15) is 0 Å². The summed E-state index contributed by atoms with van der Waals surface area (Å²) in [7, 11) is 1.61. The molecule has 3 N–H and O–H groups in total. The van der Waals surface area contributed by atoms with Crippen LogP contribution in [-0.2, 0) is 4.74 Å². The first-order valence-electron chi connectivity index (χ1n) is 6.97. The quantitative estimate of drug-likeness (QED) is 0.588. The van der Waals surface area contributed by atoms with Crippen LogP contribution in [0.4, 0.5) is 0 Å². The Hall–Kier alpha value is -0.660. The van der Waals surface area contributed by atoms with Gasteiger partial charge in [0.05, 0.1) is 11.1 Å². The third-order valence-corrected chi connectivity index (χ3v) is 3.63. The van der Waals surface area contributed by atoms with Crippen LogP contribution < -0.4 is 10.1 Å². The largest absolute Gasteiger partial charge is 0.490 e. The molecule has 21 heavy (non-hydrogen) atoms. The predicted octanol–water partition coefficient (Wildman–Crippen LogP) is 1.48. The normalized spacial score (nSPS) is 14.0. The monoisotopic (exact) mass is 361 g/mol. The summed E-state index contributed by atoms with van der Waals surface area (Å²) in [5.41, 5.74) is 1.14.